The molecule has 0 aliphatic rings. The van der Waals surface area contributed by atoms with Crippen molar-refractivity contribution in [1.29, 1.82) is 0 Å². The summed E-state index contributed by atoms with van der Waals surface area (Å²) in [6.07, 6.45) is 4.48. The van der Waals surface area contributed by atoms with E-state index >= 15 is 0 Å². The number of hydrogen-bond acceptors (Lipinski definition) is 5. The summed E-state index contributed by atoms with van der Waals surface area (Å²) < 4.78 is 9.71. The van der Waals surface area contributed by atoms with Crippen molar-refractivity contribution in [3.8, 4) is 0 Å². The van der Waals surface area contributed by atoms with Gasteiger partial charge in [-0.15, -0.1) is 0 Å². The van der Waals surface area contributed by atoms with Crippen LogP contribution in [0.3, 0.4) is 0 Å². The zero-order valence-electron chi connectivity index (χ0n) is 12.2. The third-order valence-corrected chi connectivity index (χ3v) is 2.71. The van der Waals surface area contributed by atoms with E-state index < -0.39 is 24.1 Å². The second kappa shape index (κ2) is 10.8. The number of aliphatic hydroxyl groups is 1. The minimum absolute atomic E-state index is 0.349. The maximum atomic E-state index is 11.5. The molecule has 0 spiro atoms. The van der Waals surface area contributed by atoms with Gasteiger partial charge in [-0.25, -0.2) is 9.59 Å². The Bertz CT molecular complexity index is 263. The average Bonchev–Trinajstić information content (AvgIpc) is 2.37. The van der Waals surface area contributed by atoms with E-state index in [4.69, 9.17) is 14.6 Å². The van der Waals surface area contributed by atoms with Crippen LogP contribution in [0, 0.1) is 0 Å². The summed E-state index contributed by atoms with van der Waals surface area (Å²) >= 11 is 0. The zero-order valence-corrected chi connectivity index (χ0v) is 12.2. The lowest BCUT2D eigenvalue weighted by atomic mass is 10.1. The Labute approximate surface area is 115 Å². The molecule has 0 aromatic rings. The molecule has 0 aliphatic heterocycles. The number of unbranched alkanes of at least 4 members (excludes halogenated alkanes) is 5. The average molecular weight is 274 g/mol. The molecule has 0 fully saturated rings. The molecule has 1 N–H and O–H groups in total. The fourth-order valence-electron chi connectivity index (χ4n) is 1.49. The highest BCUT2D eigenvalue weighted by Crippen LogP contribution is 2.05. The number of carbonyl (C=O) groups is 2. The Balaban J connectivity index is 3.60. The predicted octanol–water partition coefficient (Wildman–Crippen LogP) is 2.20. The van der Waals surface area contributed by atoms with E-state index in [0.29, 0.717) is 6.61 Å². The van der Waals surface area contributed by atoms with Gasteiger partial charge in [0.25, 0.3) is 0 Å². The lowest BCUT2D eigenvalue weighted by molar-refractivity contribution is -0.171. The molecule has 0 heterocycles. The Kier molecular flexibility index (Phi) is 10.2. The maximum Gasteiger partial charge on any atom is 0.347 e. The molecule has 0 rings (SSSR count). The quantitative estimate of drug-likeness (QED) is 0.488. The second-order valence-electron chi connectivity index (χ2n) is 4.69. The normalized spacial score (nSPS) is 13.7. The van der Waals surface area contributed by atoms with Crippen molar-refractivity contribution in [3.05, 3.63) is 0 Å². The summed E-state index contributed by atoms with van der Waals surface area (Å²) in [7, 11) is 0. The first kappa shape index (κ1) is 17.9. The Hall–Kier alpha value is -1.10. The van der Waals surface area contributed by atoms with Gasteiger partial charge < -0.3 is 14.6 Å². The molecule has 0 bridgehead atoms. The summed E-state index contributed by atoms with van der Waals surface area (Å²) in [6, 6.07) is 0. The van der Waals surface area contributed by atoms with Gasteiger partial charge in [-0.2, -0.15) is 0 Å². The fraction of sp³-hybridized carbons (Fsp3) is 0.857. The third kappa shape index (κ3) is 9.47. The van der Waals surface area contributed by atoms with Crippen LogP contribution in [0.5, 0.6) is 0 Å². The lowest BCUT2D eigenvalue weighted by Crippen LogP contribution is -2.30. The van der Waals surface area contributed by atoms with E-state index in [0.717, 1.165) is 19.3 Å². The molecule has 19 heavy (non-hydrogen) atoms. The number of esters is 2. The molecular formula is C14H26O5. The Morgan fingerprint density at radius 1 is 1.00 bits per heavy atom. The van der Waals surface area contributed by atoms with E-state index in [1.54, 1.807) is 0 Å². The van der Waals surface area contributed by atoms with Crippen LogP contribution in [0.15, 0.2) is 0 Å². The van der Waals surface area contributed by atoms with Crippen molar-refractivity contribution in [1.82, 2.24) is 0 Å². The van der Waals surface area contributed by atoms with Crippen LogP contribution in [0.4, 0.5) is 0 Å². The first-order valence-corrected chi connectivity index (χ1v) is 7.04. The summed E-state index contributed by atoms with van der Waals surface area (Å²) in [4.78, 5) is 22.5. The highest BCUT2D eigenvalue weighted by Gasteiger charge is 2.21. The van der Waals surface area contributed by atoms with Crippen LogP contribution in [-0.4, -0.2) is 35.9 Å². The number of carbonyl (C=O) groups excluding carboxylic acids is 2. The molecule has 5 heteroatoms. The van der Waals surface area contributed by atoms with Gasteiger partial charge >= 0.3 is 11.9 Å². The molecule has 0 amide bonds. The standard InChI is InChI=1S/C14H26O5/c1-4-5-6-7-8-9-10-18-14(17)12(3)19-13(16)11(2)15/h11-12,15H,4-10H2,1-3H3/t11-,12+/m1/s1. The summed E-state index contributed by atoms with van der Waals surface area (Å²) in [6.45, 7) is 5.24. The Morgan fingerprint density at radius 2 is 1.58 bits per heavy atom. The van der Waals surface area contributed by atoms with Crippen molar-refractivity contribution in [3.63, 3.8) is 0 Å². The molecule has 2 atom stereocenters. The van der Waals surface area contributed by atoms with Crippen LogP contribution in [0.2, 0.25) is 0 Å². The van der Waals surface area contributed by atoms with Crippen molar-refractivity contribution < 1.29 is 24.2 Å². The minimum atomic E-state index is -1.23. The summed E-state index contributed by atoms with van der Waals surface area (Å²) in [5, 5.41) is 8.94. The molecule has 0 aromatic carbocycles. The van der Waals surface area contributed by atoms with Gasteiger partial charge in [-0.3, -0.25) is 0 Å². The van der Waals surface area contributed by atoms with Gasteiger partial charge in [0.15, 0.2) is 6.10 Å². The molecule has 0 aromatic heterocycles. The monoisotopic (exact) mass is 274 g/mol. The SMILES string of the molecule is CCCCCCCCOC(=O)[C@H](C)OC(=O)[C@@H](C)O. The van der Waals surface area contributed by atoms with Crippen LogP contribution in [-0.2, 0) is 19.1 Å². The number of hydrogen-bond donors (Lipinski definition) is 1. The smallest absolute Gasteiger partial charge is 0.347 e. The topological polar surface area (TPSA) is 72.8 Å². The van der Waals surface area contributed by atoms with Crippen LogP contribution in [0.1, 0.15) is 59.3 Å². The summed E-state index contributed by atoms with van der Waals surface area (Å²) in [5.74, 6) is -1.38. The van der Waals surface area contributed by atoms with Crippen molar-refractivity contribution >= 4 is 11.9 Å². The van der Waals surface area contributed by atoms with Gasteiger partial charge in [0.05, 0.1) is 6.61 Å². The van der Waals surface area contributed by atoms with Crippen LogP contribution < -0.4 is 0 Å². The third-order valence-electron chi connectivity index (χ3n) is 2.71. The van der Waals surface area contributed by atoms with Gasteiger partial charge in [-0.1, -0.05) is 39.0 Å². The van der Waals surface area contributed by atoms with Crippen LogP contribution >= 0.6 is 0 Å². The summed E-state index contributed by atoms with van der Waals surface area (Å²) in [5.41, 5.74) is 0. The minimum Gasteiger partial charge on any atom is -0.463 e. The number of ether oxygens (including phenoxy) is 2. The first-order valence-electron chi connectivity index (χ1n) is 7.04. The van der Waals surface area contributed by atoms with E-state index in [9.17, 15) is 9.59 Å². The number of rotatable bonds is 10. The molecule has 0 unspecified atom stereocenters. The molecule has 0 saturated carbocycles. The van der Waals surface area contributed by atoms with Gasteiger partial charge in [-0.05, 0) is 20.3 Å². The molecular weight excluding hydrogens is 248 g/mol. The molecule has 0 aliphatic carbocycles. The van der Waals surface area contributed by atoms with E-state index in [1.807, 2.05) is 0 Å². The molecule has 5 nitrogen and oxygen atoms in total. The van der Waals surface area contributed by atoms with E-state index in [-0.39, 0.29) is 0 Å². The highest BCUT2D eigenvalue weighted by atomic mass is 16.6. The van der Waals surface area contributed by atoms with Gasteiger partial charge in [0.1, 0.15) is 6.10 Å². The predicted molar refractivity (Wildman–Crippen MR) is 71.6 cm³/mol. The second-order valence-corrected chi connectivity index (χ2v) is 4.69. The van der Waals surface area contributed by atoms with Crippen molar-refractivity contribution in [2.45, 2.75) is 71.5 Å². The lowest BCUT2D eigenvalue weighted by Gasteiger charge is -2.13. The molecule has 0 saturated heterocycles. The Morgan fingerprint density at radius 3 is 2.16 bits per heavy atom. The van der Waals surface area contributed by atoms with Crippen LogP contribution in [0.25, 0.3) is 0 Å². The van der Waals surface area contributed by atoms with Crippen molar-refractivity contribution in [2.75, 3.05) is 6.61 Å². The van der Waals surface area contributed by atoms with E-state index in [2.05, 4.69) is 6.92 Å². The zero-order chi connectivity index (χ0) is 14.7. The molecule has 112 valence electrons. The van der Waals surface area contributed by atoms with E-state index in [1.165, 1.54) is 33.1 Å². The largest absolute Gasteiger partial charge is 0.463 e. The maximum absolute atomic E-state index is 11.5. The van der Waals surface area contributed by atoms with Gasteiger partial charge in [0.2, 0.25) is 0 Å². The number of aliphatic hydroxyl groups excluding tert-OH is 1. The highest BCUT2D eigenvalue weighted by molar-refractivity contribution is 5.80. The molecule has 0 radical (unpaired) electrons. The fourth-order valence-corrected chi connectivity index (χ4v) is 1.49. The first-order chi connectivity index (χ1) is 8.99. The van der Waals surface area contributed by atoms with Gasteiger partial charge in [0, 0.05) is 0 Å². The van der Waals surface area contributed by atoms with Crippen molar-refractivity contribution in [2.24, 2.45) is 0 Å².